The normalized spacial score (nSPS) is 13.2. The molecule has 0 radical (unpaired) electrons. The molecule has 2 nitrogen and oxygen atoms in total. The van der Waals surface area contributed by atoms with Gasteiger partial charge < -0.3 is 9.30 Å². The Morgan fingerprint density at radius 1 is 0.444 bits per heavy atom. The minimum atomic E-state index is -0.561. The Labute approximate surface area is 262 Å². The number of aromatic nitrogens is 1. The van der Waals surface area contributed by atoms with Crippen LogP contribution in [0.4, 0.5) is 0 Å². The predicted octanol–water partition coefficient (Wildman–Crippen LogP) is 10.9. The van der Waals surface area contributed by atoms with Gasteiger partial charge in [0.1, 0.15) is 11.5 Å². The molecule has 1 aliphatic rings. The summed E-state index contributed by atoms with van der Waals surface area (Å²) in [4.78, 5) is 0. The van der Waals surface area contributed by atoms with Crippen LogP contribution in [0, 0.1) is 0 Å². The lowest BCUT2D eigenvalue weighted by atomic mass is 9.63. The van der Waals surface area contributed by atoms with E-state index in [1.165, 1.54) is 38.5 Å². The number of fused-ring (bicyclic) bond motifs is 5. The van der Waals surface area contributed by atoms with Crippen LogP contribution in [0.3, 0.4) is 0 Å². The van der Waals surface area contributed by atoms with Crippen molar-refractivity contribution in [1.82, 2.24) is 4.57 Å². The van der Waals surface area contributed by atoms with Gasteiger partial charge in [0.15, 0.2) is 0 Å². The first-order chi connectivity index (χ1) is 22.3. The highest BCUT2D eigenvalue weighted by Gasteiger charge is 2.45. The van der Waals surface area contributed by atoms with E-state index in [0.29, 0.717) is 0 Å². The third kappa shape index (κ3) is 3.76. The molecular formula is C43H29NO. The Hall–Kier alpha value is -5.86. The molecule has 0 atom stereocenters. The molecule has 0 spiro atoms. The summed E-state index contributed by atoms with van der Waals surface area (Å²) in [5, 5.41) is 2.49. The zero-order valence-electron chi connectivity index (χ0n) is 24.6. The average Bonchev–Trinajstić information content (AvgIpc) is 3.46. The molecule has 0 unspecified atom stereocenters. The van der Waals surface area contributed by atoms with Crippen molar-refractivity contribution in [3.8, 4) is 28.3 Å². The number of nitrogens with zero attached hydrogens (tertiary/aromatic N) is 1. The summed E-state index contributed by atoms with van der Waals surface area (Å²) >= 11 is 0. The van der Waals surface area contributed by atoms with Crippen molar-refractivity contribution in [3.05, 3.63) is 198 Å². The lowest BCUT2D eigenvalue weighted by Gasteiger charge is -2.41. The van der Waals surface area contributed by atoms with Crippen LogP contribution in [-0.4, -0.2) is 4.57 Å². The minimum absolute atomic E-state index is 0.561. The van der Waals surface area contributed by atoms with Gasteiger partial charge in [-0.1, -0.05) is 133 Å². The summed E-state index contributed by atoms with van der Waals surface area (Å²) in [5.41, 5.74) is 10.1. The van der Waals surface area contributed by atoms with Crippen LogP contribution < -0.4 is 4.74 Å². The van der Waals surface area contributed by atoms with Gasteiger partial charge in [0.05, 0.1) is 16.4 Å². The largest absolute Gasteiger partial charge is 0.457 e. The highest BCUT2D eigenvalue weighted by molar-refractivity contribution is 6.15. The van der Waals surface area contributed by atoms with Crippen molar-refractivity contribution in [2.45, 2.75) is 5.41 Å². The van der Waals surface area contributed by atoms with E-state index >= 15 is 0 Å². The first kappa shape index (κ1) is 25.6. The second-order valence-electron chi connectivity index (χ2n) is 11.7. The van der Waals surface area contributed by atoms with Gasteiger partial charge in [-0.15, -0.1) is 0 Å². The van der Waals surface area contributed by atoms with Gasteiger partial charge in [0.2, 0.25) is 0 Å². The fraction of sp³-hybridized carbons (Fsp3) is 0.0233. The molecule has 0 aliphatic carbocycles. The second-order valence-corrected chi connectivity index (χ2v) is 11.7. The third-order valence-corrected chi connectivity index (χ3v) is 9.33. The van der Waals surface area contributed by atoms with Gasteiger partial charge in [-0.05, 0) is 64.7 Å². The number of ether oxygens (including phenoxy) is 1. The van der Waals surface area contributed by atoms with Crippen molar-refractivity contribution < 1.29 is 4.74 Å². The number of rotatable bonds is 4. The molecule has 1 aromatic heterocycles. The van der Waals surface area contributed by atoms with Crippen molar-refractivity contribution in [1.29, 1.82) is 0 Å². The van der Waals surface area contributed by atoms with Crippen LogP contribution >= 0.6 is 0 Å². The highest BCUT2D eigenvalue weighted by atomic mass is 16.5. The Morgan fingerprint density at radius 2 is 1.04 bits per heavy atom. The summed E-state index contributed by atoms with van der Waals surface area (Å²) < 4.78 is 9.06. The molecule has 212 valence electrons. The summed E-state index contributed by atoms with van der Waals surface area (Å²) in [6, 6.07) is 63.0. The molecule has 45 heavy (non-hydrogen) atoms. The molecule has 0 fully saturated rings. The highest BCUT2D eigenvalue weighted by Crippen LogP contribution is 2.56. The van der Waals surface area contributed by atoms with Crippen LogP contribution in [0.25, 0.3) is 38.6 Å². The van der Waals surface area contributed by atoms with Gasteiger partial charge in [-0.2, -0.15) is 0 Å². The monoisotopic (exact) mass is 575 g/mol. The molecule has 9 rings (SSSR count). The van der Waals surface area contributed by atoms with Crippen LogP contribution in [0.5, 0.6) is 11.5 Å². The van der Waals surface area contributed by atoms with Crippen LogP contribution in [0.15, 0.2) is 176 Å². The number of hydrogen-bond donors (Lipinski definition) is 0. The van der Waals surface area contributed by atoms with E-state index in [2.05, 4.69) is 180 Å². The summed E-state index contributed by atoms with van der Waals surface area (Å²) in [7, 11) is 0. The first-order valence-electron chi connectivity index (χ1n) is 15.4. The Morgan fingerprint density at radius 3 is 1.80 bits per heavy atom. The fourth-order valence-corrected chi connectivity index (χ4v) is 7.49. The van der Waals surface area contributed by atoms with Gasteiger partial charge in [0.25, 0.3) is 0 Å². The maximum absolute atomic E-state index is 6.68. The summed E-state index contributed by atoms with van der Waals surface area (Å²) in [5.74, 6) is 1.77. The zero-order valence-corrected chi connectivity index (χ0v) is 24.6. The molecule has 0 amide bonds. The SMILES string of the molecule is c1ccc(-n2c3ccccc3c3c(-c4ccc5c(c4)C(c4ccccc4)(c4ccccc4)c4ccccc4O5)cccc32)cc1. The van der Waals surface area contributed by atoms with Crippen molar-refractivity contribution >= 4 is 21.8 Å². The third-order valence-electron chi connectivity index (χ3n) is 9.33. The molecule has 2 heteroatoms. The number of para-hydroxylation sites is 3. The van der Waals surface area contributed by atoms with Gasteiger partial charge in [-0.3, -0.25) is 0 Å². The Kier molecular flexibility index (Phi) is 5.76. The lowest BCUT2D eigenvalue weighted by molar-refractivity contribution is 0.434. The maximum atomic E-state index is 6.68. The van der Waals surface area contributed by atoms with Gasteiger partial charge >= 0.3 is 0 Å². The van der Waals surface area contributed by atoms with E-state index in [4.69, 9.17) is 4.74 Å². The summed E-state index contributed by atoms with van der Waals surface area (Å²) in [6.45, 7) is 0. The molecule has 0 N–H and O–H groups in total. The van der Waals surface area contributed by atoms with E-state index in [0.717, 1.165) is 33.9 Å². The van der Waals surface area contributed by atoms with Crippen molar-refractivity contribution in [2.75, 3.05) is 0 Å². The first-order valence-corrected chi connectivity index (χ1v) is 15.4. The molecule has 0 saturated heterocycles. The number of hydrogen-bond acceptors (Lipinski definition) is 1. The van der Waals surface area contributed by atoms with Gasteiger partial charge in [-0.25, -0.2) is 0 Å². The van der Waals surface area contributed by atoms with Crippen molar-refractivity contribution in [3.63, 3.8) is 0 Å². The topological polar surface area (TPSA) is 14.2 Å². The van der Waals surface area contributed by atoms with E-state index in [1.807, 2.05) is 0 Å². The molecule has 7 aromatic carbocycles. The smallest absolute Gasteiger partial charge is 0.132 e. The predicted molar refractivity (Wildman–Crippen MR) is 185 cm³/mol. The van der Waals surface area contributed by atoms with E-state index in [1.54, 1.807) is 0 Å². The van der Waals surface area contributed by atoms with Crippen LogP contribution in [-0.2, 0) is 5.41 Å². The molecule has 8 aromatic rings. The average molecular weight is 576 g/mol. The fourth-order valence-electron chi connectivity index (χ4n) is 7.49. The molecule has 2 heterocycles. The summed E-state index contributed by atoms with van der Waals surface area (Å²) in [6.07, 6.45) is 0. The number of benzene rings is 7. The van der Waals surface area contributed by atoms with Gasteiger partial charge in [0, 0.05) is 27.6 Å². The van der Waals surface area contributed by atoms with Crippen molar-refractivity contribution in [2.24, 2.45) is 0 Å². The Bertz CT molecular complexity index is 2300. The van der Waals surface area contributed by atoms with E-state index in [-0.39, 0.29) is 0 Å². The molecule has 0 bridgehead atoms. The van der Waals surface area contributed by atoms with E-state index in [9.17, 15) is 0 Å². The van der Waals surface area contributed by atoms with Crippen LogP contribution in [0.1, 0.15) is 22.3 Å². The molecular weight excluding hydrogens is 546 g/mol. The van der Waals surface area contributed by atoms with Crippen LogP contribution in [0.2, 0.25) is 0 Å². The molecule has 0 saturated carbocycles. The standard InChI is InChI=1S/C43H29NO/c1-4-15-31(16-5-1)43(32-17-6-2-7-18-32)36-23-11-13-26-40(36)45-41-28-27-30(29-37(41)43)34-22-14-25-39-42(34)35-21-10-12-24-38(35)44(39)33-19-8-3-9-20-33/h1-29H. The second kappa shape index (κ2) is 10.1. The zero-order chi connectivity index (χ0) is 29.8. The molecule has 1 aliphatic heterocycles. The lowest BCUT2D eigenvalue weighted by Crippen LogP contribution is -2.34. The van der Waals surface area contributed by atoms with E-state index < -0.39 is 5.41 Å². The Balaban J connectivity index is 1.37. The maximum Gasteiger partial charge on any atom is 0.132 e. The minimum Gasteiger partial charge on any atom is -0.457 e. The quantitative estimate of drug-likeness (QED) is 0.204.